The van der Waals surface area contributed by atoms with E-state index < -0.39 is 0 Å². The Bertz CT molecular complexity index is 574. The van der Waals surface area contributed by atoms with Crippen molar-refractivity contribution in [2.45, 2.75) is 6.54 Å². The normalized spacial score (nSPS) is 10.5. The molecule has 1 heterocycles. The third-order valence-electron chi connectivity index (χ3n) is 2.11. The molecule has 4 heteroatoms. The van der Waals surface area contributed by atoms with Crippen molar-refractivity contribution in [3.05, 3.63) is 52.6 Å². The second-order valence-electron chi connectivity index (χ2n) is 3.15. The number of benzene rings is 1. The maximum Gasteiger partial charge on any atom is 0.261 e. The zero-order valence-electron chi connectivity index (χ0n) is 7.98. The molecule has 0 amide bonds. The summed E-state index contributed by atoms with van der Waals surface area (Å²) in [6, 6.07) is 5.08. The lowest BCUT2D eigenvalue weighted by Gasteiger charge is -2.03. The van der Waals surface area contributed by atoms with Gasteiger partial charge in [0.25, 0.3) is 5.56 Å². The minimum Gasteiger partial charge on any atom is -0.295 e. The van der Waals surface area contributed by atoms with Crippen molar-refractivity contribution in [1.82, 2.24) is 9.55 Å². The summed E-state index contributed by atoms with van der Waals surface area (Å²) in [5.41, 5.74) is 0.562. The predicted octanol–water partition coefficient (Wildman–Crippen LogP) is 2.24. The van der Waals surface area contributed by atoms with Gasteiger partial charge < -0.3 is 0 Å². The molecule has 0 saturated heterocycles. The molecule has 0 atom stereocenters. The first kappa shape index (κ1) is 9.93. The van der Waals surface area contributed by atoms with Crippen molar-refractivity contribution in [1.29, 1.82) is 0 Å². The fourth-order valence-corrected chi connectivity index (χ4v) is 1.57. The average molecular weight is 221 g/mol. The number of halogens is 1. The van der Waals surface area contributed by atoms with E-state index in [1.54, 1.807) is 24.3 Å². The summed E-state index contributed by atoms with van der Waals surface area (Å²) in [6.45, 7) is 4.03. The summed E-state index contributed by atoms with van der Waals surface area (Å²) in [5.74, 6) is 0. The molecule has 2 aromatic rings. The second-order valence-corrected chi connectivity index (χ2v) is 3.59. The fraction of sp³-hybridized carbons (Fsp3) is 0.0909. The van der Waals surface area contributed by atoms with Gasteiger partial charge in [-0.3, -0.25) is 9.36 Å². The number of allylic oxidation sites excluding steroid dienone is 1. The summed E-state index contributed by atoms with van der Waals surface area (Å²) < 4.78 is 1.49. The van der Waals surface area contributed by atoms with E-state index in [4.69, 9.17) is 11.6 Å². The molecule has 0 spiro atoms. The van der Waals surface area contributed by atoms with Crippen LogP contribution in [0.2, 0.25) is 5.02 Å². The van der Waals surface area contributed by atoms with Crippen LogP contribution in [-0.2, 0) is 6.54 Å². The molecular weight excluding hydrogens is 212 g/mol. The molecule has 0 bridgehead atoms. The van der Waals surface area contributed by atoms with E-state index in [0.717, 1.165) is 0 Å². The first-order chi connectivity index (χ1) is 7.22. The van der Waals surface area contributed by atoms with E-state index in [9.17, 15) is 4.79 Å². The number of hydrogen-bond acceptors (Lipinski definition) is 2. The molecule has 0 unspecified atom stereocenters. The minimum absolute atomic E-state index is 0.0950. The summed E-state index contributed by atoms with van der Waals surface area (Å²) in [7, 11) is 0. The van der Waals surface area contributed by atoms with Crippen molar-refractivity contribution in [3.8, 4) is 0 Å². The highest BCUT2D eigenvalue weighted by Crippen LogP contribution is 2.13. The van der Waals surface area contributed by atoms with Gasteiger partial charge >= 0.3 is 0 Å². The molecule has 0 aliphatic heterocycles. The van der Waals surface area contributed by atoms with Crippen LogP contribution in [0, 0.1) is 0 Å². The zero-order chi connectivity index (χ0) is 10.8. The lowest BCUT2D eigenvalue weighted by Crippen LogP contribution is -2.19. The Kier molecular flexibility index (Phi) is 2.56. The monoisotopic (exact) mass is 220 g/mol. The summed E-state index contributed by atoms with van der Waals surface area (Å²) >= 11 is 5.82. The smallest absolute Gasteiger partial charge is 0.261 e. The number of aromatic nitrogens is 2. The van der Waals surface area contributed by atoms with Crippen LogP contribution in [0.5, 0.6) is 0 Å². The maximum atomic E-state index is 11.9. The van der Waals surface area contributed by atoms with E-state index in [0.29, 0.717) is 22.5 Å². The van der Waals surface area contributed by atoms with E-state index in [2.05, 4.69) is 11.6 Å². The fourth-order valence-electron chi connectivity index (χ4n) is 1.40. The van der Waals surface area contributed by atoms with Crippen LogP contribution in [0.4, 0.5) is 0 Å². The van der Waals surface area contributed by atoms with Crippen molar-refractivity contribution in [3.63, 3.8) is 0 Å². The molecule has 0 aliphatic carbocycles. The summed E-state index contributed by atoms with van der Waals surface area (Å²) in [5, 5.41) is 1.07. The van der Waals surface area contributed by atoms with Gasteiger partial charge in [-0.2, -0.15) is 0 Å². The lowest BCUT2D eigenvalue weighted by atomic mass is 10.2. The molecule has 0 aliphatic rings. The summed E-state index contributed by atoms with van der Waals surface area (Å²) in [4.78, 5) is 16.0. The number of rotatable bonds is 2. The van der Waals surface area contributed by atoms with Gasteiger partial charge in [-0.25, -0.2) is 4.98 Å². The topological polar surface area (TPSA) is 34.9 Å². The highest BCUT2D eigenvalue weighted by Gasteiger charge is 2.03. The van der Waals surface area contributed by atoms with Crippen LogP contribution in [0.1, 0.15) is 0 Å². The van der Waals surface area contributed by atoms with E-state index >= 15 is 0 Å². The van der Waals surface area contributed by atoms with Gasteiger partial charge in [0.05, 0.1) is 17.2 Å². The highest BCUT2D eigenvalue weighted by atomic mass is 35.5. The average Bonchev–Trinajstić information content (AvgIpc) is 2.23. The van der Waals surface area contributed by atoms with Gasteiger partial charge in [0, 0.05) is 11.6 Å². The third kappa shape index (κ3) is 1.78. The standard InChI is InChI=1S/C11H9ClN2O/c1-2-5-14-7-13-10-4-3-8(12)6-9(10)11(14)15/h2-4,6-7H,1,5H2. The predicted molar refractivity (Wildman–Crippen MR) is 61.2 cm³/mol. The van der Waals surface area contributed by atoms with Gasteiger partial charge in [-0.05, 0) is 18.2 Å². The second kappa shape index (κ2) is 3.87. The van der Waals surface area contributed by atoms with Crippen molar-refractivity contribution >= 4 is 22.5 Å². The number of nitrogens with zero attached hydrogens (tertiary/aromatic N) is 2. The minimum atomic E-state index is -0.0950. The maximum absolute atomic E-state index is 11.9. The lowest BCUT2D eigenvalue weighted by molar-refractivity contribution is 0.768. The molecule has 0 fully saturated rings. The van der Waals surface area contributed by atoms with Crippen LogP contribution >= 0.6 is 11.6 Å². The molecular formula is C11H9ClN2O. The van der Waals surface area contributed by atoms with Crippen LogP contribution in [-0.4, -0.2) is 9.55 Å². The van der Waals surface area contributed by atoms with Gasteiger partial charge in [-0.1, -0.05) is 17.7 Å². The Morgan fingerprint density at radius 1 is 1.53 bits per heavy atom. The number of hydrogen-bond donors (Lipinski definition) is 0. The molecule has 0 radical (unpaired) electrons. The first-order valence-electron chi connectivity index (χ1n) is 4.48. The zero-order valence-corrected chi connectivity index (χ0v) is 8.74. The van der Waals surface area contributed by atoms with Crippen molar-refractivity contribution < 1.29 is 0 Å². The van der Waals surface area contributed by atoms with Crippen LogP contribution in [0.15, 0.2) is 42.0 Å². The van der Waals surface area contributed by atoms with E-state index in [-0.39, 0.29) is 5.56 Å². The molecule has 2 rings (SSSR count). The molecule has 3 nitrogen and oxygen atoms in total. The highest BCUT2D eigenvalue weighted by molar-refractivity contribution is 6.31. The van der Waals surface area contributed by atoms with Gasteiger partial charge in [-0.15, -0.1) is 6.58 Å². The Balaban J connectivity index is 2.76. The molecule has 1 aromatic heterocycles. The number of fused-ring (bicyclic) bond motifs is 1. The van der Waals surface area contributed by atoms with Crippen LogP contribution in [0.25, 0.3) is 10.9 Å². The van der Waals surface area contributed by atoms with Crippen molar-refractivity contribution in [2.24, 2.45) is 0 Å². The first-order valence-corrected chi connectivity index (χ1v) is 4.86. The largest absolute Gasteiger partial charge is 0.295 e. The quantitative estimate of drug-likeness (QED) is 0.728. The molecule has 15 heavy (non-hydrogen) atoms. The van der Waals surface area contributed by atoms with Gasteiger partial charge in [0.1, 0.15) is 0 Å². The third-order valence-corrected chi connectivity index (χ3v) is 2.35. The Morgan fingerprint density at radius 2 is 2.33 bits per heavy atom. The van der Waals surface area contributed by atoms with Crippen LogP contribution in [0.3, 0.4) is 0 Å². The molecule has 0 saturated carbocycles. The summed E-state index contributed by atoms with van der Waals surface area (Å²) in [6.07, 6.45) is 3.17. The van der Waals surface area contributed by atoms with Gasteiger partial charge in [0.2, 0.25) is 0 Å². The molecule has 76 valence electrons. The van der Waals surface area contributed by atoms with E-state index in [1.807, 2.05) is 0 Å². The van der Waals surface area contributed by atoms with Crippen LogP contribution < -0.4 is 5.56 Å². The Hall–Kier alpha value is -1.61. The van der Waals surface area contributed by atoms with E-state index in [1.165, 1.54) is 10.9 Å². The SMILES string of the molecule is C=CCn1cnc2ccc(Cl)cc2c1=O. The van der Waals surface area contributed by atoms with Crippen molar-refractivity contribution in [2.75, 3.05) is 0 Å². The molecule has 0 N–H and O–H groups in total. The Labute approximate surface area is 91.6 Å². The van der Waals surface area contributed by atoms with Gasteiger partial charge in [0.15, 0.2) is 0 Å². The molecule has 1 aromatic carbocycles. The Morgan fingerprint density at radius 3 is 3.07 bits per heavy atom.